The molecule has 0 saturated heterocycles. The number of aromatic nitrogens is 2. The van der Waals surface area contributed by atoms with E-state index in [0.717, 1.165) is 40.6 Å². The molecule has 35 heavy (non-hydrogen) atoms. The van der Waals surface area contributed by atoms with Crippen LogP contribution in [-0.4, -0.2) is 52.7 Å². The van der Waals surface area contributed by atoms with E-state index in [0.29, 0.717) is 32.0 Å². The maximum Gasteiger partial charge on any atom is 0.119 e. The lowest BCUT2D eigenvalue weighted by Crippen LogP contribution is -2.33. The van der Waals surface area contributed by atoms with Gasteiger partial charge in [-0.2, -0.15) is 5.10 Å². The van der Waals surface area contributed by atoms with Crippen LogP contribution in [0.15, 0.2) is 42.5 Å². The Kier molecular flexibility index (Phi) is 10.0. The molecule has 0 radical (unpaired) electrons. The maximum atomic E-state index is 10.5. The summed E-state index contributed by atoms with van der Waals surface area (Å²) >= 11 is 6.56. The Bertz CT molecular complexity index is 1080. The summed E-state index contributed by atoms with van der Waals surface area (Å²) in [6, 6.07) is 13.8. The average molecular weight is 500 g/mol. The zero-order valence-corrected chi connectivity index (χ0v) is 22.3. The first-order valence-electron chi connectivity index (χ1n) is 12.3. The van der Waals surface area contributed by atoms with Gasteiger partial charge >= 0.3 is 0 Å². The van der Waals surface area contributed by atoms with Gasteiger partial charge in [0, 0.05) is 29.4 Å². The minimum atomic E-state index is -0.609. The topological polar surface area (TPSA) is 59.8 Å². The Hall–Kier alpha value is -2.54. The van der Waals surface area contributed by atoms with Crippen molar-refractivity contribution < 1.29 is 14.6 Å². The third-order valence-electron chi connectivity index (χ3n) is 6.04. The molecule has 3 aromatic rings. The van der Waals surface area contributed by atoms with Gasteiger partial charge in [-0.3, -0.25) is 9.58 Å². The first kappa shape index (κ1) is 27.1. The van der Waals surface area contributed by atoms with Gasteiger partial charge < -0.3 is 14.6 Å². The predicted octanol–water partition coefficient (Wildman–Crippen LogP) is 5.42. The quantitative estimate of drug-likeness (QED) is 0.340. The zero-order valence-electron chi connectivity index (χ0n) is 21.6. The highest BCUT2D eigenvalue weighted by Gasteiger charge is 2.17. The molecule has 0 aliphatic rings. The van der Waals surface area contributed by atoms with Crippen molar-refractivity contribution in [3.8, 4) is 11.5 Å². The van der Waals surface area contributed by atoms with E-state index < -0.39 is 6.10 Å². The number of rotatable bonds is 13. The molecular formula is C28H38ClN3O3. The highest BCUT2D eigenvalue weighted by molar-refractivity contribution is 6.31. The van der Waals surface area contributed by atoms with Crippen molar-refractivity contribution >= 4 is 11.6 Å². The van der Waals surface area contributed by atoms with Crippen molar-refractivity contribution in [2.24, 2.45) is 0 Å². The van der Waals surface area contributed by atoms with Gasteiger partial charge in [-0.15, -0.1) is 0 Å². The lowest BCUT2D eigenvalue weighted by molar-refractivity contribution is 0.0742. The van der Waals surface area contributed by atoms with E-state index in [9.17, 15) is 5.11 Å². The Morgan fingerprint density at radius 1 is 1.06 bits per heavy atom. The number of aliphatic hydroxyl groups excluding tert-OH is 1. The smallest absolute Gasteiger partial charge is 0.119 e. The second-order valence-electron chi connectivity index (χ2n) is 9.05. The summed E-state index contributed by atoms with van der Waals surface area (Å²) in [5, 5.41) is 16.1. The van der Waals surface area contributed by atoms with Crippen LogP contribution in [0.25, 0.3) is 0 Å². The van der Waals surface area contributed by atoms with Gasteiger partial charge in [-0.05, 0) is 75.7 Å². The Morgan fingerprint density at radius 2 is 1.74 bits per heavy atom. The number of likely N-dealkylation sites (N-methyl/N-ethyl adjacent to an activating group) is 1. The fourth-order valence-electron chi connectivity index (χ4n) is 4.18. The molecule has 0 spiro atoms. The number of aryl methyl sites for hydroxylation is 2. The second-order valence-corrected chi connectivity index (χ2v) is 9.46. The summed E-state index contributed by atoms with van der Waals surface area (Å²) < 4.78 is 13.2. The van der Waals surface area contributed by atoms with E-state index in [2.05, 4.69) is 36.9 Å². The fourth-order valence-corrected chi connectivity index (χ4v) is 4.44. The molecule has 7 heteroatoms. The molecule has 6 nitrogen and oxygen atoms in total. The Balaban J connectivity index is 1.55. The molecule has 1 unspecified atom stereocenters. The fraction of sp³-hybridized carbons (Fsp3) is 0.464. The van der Waals surface area contributed by atoms with Gasteiger partial charge in [0.1, 0.15) is 24.2 Å². The van der Waals surface area contributed by atoms with Crippen LogP contribution in [0.4, 0.5) is 0 Å². The number of halogens is 1. The first-order valence-corrected chi connectivity index (χ1v) is 12.7. The summed E-state index contributed by atoms with van der Waals surface area (Å²) in [5.41, 5.74) is 5.61. The van der Waals surface area contributed by atoms with Crippen LogP contribution in [0, 0.1) is 13.8 Å². The van der Waals surface area contributed by atoms with Crippen LogP contribution in [0.3, 0.4) is 0 Å². The summed E-state index contributed by atoms with van der Waals surface area (Å²) in [6.07, 6.45) is 1.53. The van der Waals surface area contributed by atoms with E-state index in [1.54, 1.807) is 0 Å². The van der Waals surface area contributed by atoms with Crippen LogP contribution >= 0.6 is 11.6 Å². The molecule has 2 aromatic carbocycles. The van der Waals surface area contributed by atoms with E-state index >= 15 is 0 Å². The summed E-state index contributed by atoms with van der Waals surface area (Å²) in [7, 11) is 2.00. The van der Waals surface area contributed by atoms with Gasteiger partial charge in [-0.25, -0.2) is 0 Å². The van der Waals surface area contributed by atoms with Crippen LogP contribution < -0.4 is 9.47 Å². The summed E-state index contributed by atoms with van der Waals surface area (Å²) in [4.78, 5) is 2.10. The number of ether oxygens (including phenoxy) is 2. The number of nitrogens with zero attached hydrogens (tertiary/aromatic N) is 3. The molecule has 1 heterocycles. The number of hydrogen-bond donors (Lipinski definition) is 1. The first-order chi connectivity index (χ1) is 16.8. The van der Waals surface area contributed by atoms with Crippen LogP contribution in [0.2, 0.25) is 5.02 Å². The van der Waals surface area contributed by atoms with Gasteiger partial charge in [0.15, 0.2) is 0 Å². The Labute approximate surface area is 214 Å². The molecule has 1 N–H and O–H groups in total. The summed E-state index contributed by atoms with van der Waals surface area (Å²) in [6.45, 7) is 10.9. The van der Waals surface area contributed by atoms with Crippen LogP contribution in [-0.2, 0) is 19.5 Å². The summed E-state index contributed by atoms with van der Waals surface area (Å²) in [5.74, 6) is 1.52. The third-order valence-corrected chi connectivity index (χ3v) is 6.39. The number of aliphatic hydroxyl groups is 1. The molecule has 0 bridgehead atoms. The minimum Gasteiger partial charge on any atom is -0.494 e. The van der Waals surface area contributed by atoms with E-state index in [1.807, 2.05) is 49.8 Å². The van der Waals surface area contributed by atoms with Crippen molar-refractivity contribution in [1.29, 1.82) is 0 Å². The van der Waals surface area contributed by atoms with Gasteiger partial charge in [0.2, 0.25) is 0 Å². The lowest BCUT2D eigenvalue weighted by Gasteiger charge is -2.21. The Morgan fingerprint density at radius 3 is 2.37 bits per heavy atom. The molecular weight excluding hydrogens is 462 g/mol. The highest BCUT2D eigenvalue weighted by atomic mass is 35.5. The molecule has 0 amide bonds. The second kappa shape index (κ2) is 13.0. The van der Waals surface area contributed by atoms with Gasteiger partial charge in [0.05, 0.1) is 18.8 Å². The van der Waals surface area contributed by atoms with Crippen LogP contribution in [0.5, 0.6) is 11.5 Å². The van der Waals surface area contributed by atoms with Crippen molar-refractivity contribution in [3.05, 3.63) is 75.6 Å². The monoisotopic (exact) mass is 499 g/mol. The third kappa shape index (κ3) is 7.72. The standard InChI is InChI=1S/C28H38ClN3O3/c1-6-8-22-9-10-23(28(29)15-22)16-32-21(4)27(20(3)30-32)18-31(5)17-24(33)19-35-26-13-11-25(12-14-26)34-7-2/h9-15,24,33H,6-8,16-19H2,1-5H3. The minimum absolute atomic E-state index is 0.224. The molecule has 1 atom stereocenters. The lowest BCUT2D eigenvalue weighted by atomic mass is 10.1. The molecule has 3 rings (SSSR count). The number of hydrogen-bond acceptors (Lipinski definition) is 5. The maximum absolute atomic E-state index is 10.5. The van der Waals surface area contributed by atoms with Crippen LogP contribution in [0.1, 0.15) is 48.3 Å². The van der Waals surface area contributed by atoms with E-state index in [1.165, 1.54) is 11.1 Å². The van der Waals surface area contributed by atoms with Gasteiger partial charge in [0.25, 0.3) is 0 Å². The van der Waals surface area contributed by atoms with Crippen molar-refractivity contribution in [1.82, 2.24) is 14.7 Å². The largest absolute Gasteiger partial charge is 0.494 e. The highest BCUT2D eigenvalue weighted by Crippen LogP contribution is 2.23. The molecule has 0 aliphatic heterocycles. The molecule has 0 saturated carbocycles. The predicted molar refractivity (Wildman–Crippen MR) is 142 cm³/mol. The zero-order chi connectivity index (χ0) is 25.4. The molecule has 1 aromatic heterocycles. The molecule has 0 fully saturated rings. The van der Waals surface area contributed by atoms with Crippen molar-refractivity contribution in [3.63, 3.8) is 0 Å². The van der Waals surface area contributed by atoms with Crippen molar-refractivity contribution in [2.45, 2.75) is 59.7 Å². The van der Waals surface area contributed by atoms with Crippen molar-refractivity contribution in [2.75, 3.05) is 26.8 Å². The van der Waals surface area contributed by atoms with Gasteiger partial charge in [-0.1, -0.05) is 37.1 Å². The SMILES string of the molecule is CCCc1ccc(Cn2nc(C)c(CN(C)CC(O)COc3ccc(OCC)cc3)c2C)c(Cl)c1. The number of benzene rings is 2. The van der Waals surface area contributed by atoms with E-state index in [4.69, 9.17) is 26.2 Å². The van der Waals surface area contributed by atoms with E-state index in [-0.39, 0.29) is 6.61 Å². The molecule has 190 valence electrons. The molecule has 0 aliphatic carbocycles. The average Bonchev–Trinajstić information content (AvgIpc) is 3.08. The normalized spacial score (nSPS) is 12.2.